The maximum atomic E-state index is 12.1. The third kappa shape index (κ3) is 5.38. The lowest BCUT2D eigenvalue weighted by molar-refractivity contribution is -0.146. The van der Waals surface area contributed by atoms with Crippen molar-refractivity contribution in [2.75, 3.05) is 0 Å². The van der Waals surface area contributed by atoms with Gasteiger partial charge in [0.2, 0.25) is 11.8 Å². The number of rotatable bonds is 7. The quantitative estimate of drug-likeness (QED) is 0.601. The Labute approximate surface area is 164 Å². The molecular formula is C18H16ClN3O4S. The third-order valence-corrected chi connectivity index (χ3v) is 4.79. The zero-order valence-corrected chi connectivity index (χ0v) is 15.9. The number of thiophene rings is 1. The normalized spacial score (nSPS) is 11.8. The van der Waals surface area contributed by atoms with Crippen LogP contribution >= 0.6 is 22.9 Å². The van der Waals surface area contributed by atoms with Gasteiger partial charge in [0.05, 0.1) is 12.5 Å². The Kier molecular flexibility index (Phi) is 6.20. The van der Waals surface area contributed by atoms with Gasteiger partial charge in [-0.3, -0.25) is 9.59 Å². The average Bonchev–Trinajstić information content (AvgIpc) is 3.32. The summed E-state index contributed by atoms with van der Waals surface area (Å²) in [4.78, 5) is 24.4. The predicted molar refractivity (Wildman–Crippen MR) is 100 cm³/mol. The van der Waals surface area contributed by atoms with Crippen molar-refractivity contribution >= 4 is 34.8 Å². The van der Waals surface area contributed by atoms with Gasteiger partial charge >= 0.3 is 5.97 Å². The first-order valence-corrected chi connectivity index (χ1v) is 9.31. The number of esters is 1. The molecule has 0 fully saturated rings. The molecule has 0 aliphatic rings. The Morgan fingerprint density at radius 2 is 2.04 bits per heavy atom. The number of nitrogens with zero attached hydrogens (tertiary/aromatic N) is 2. The zero-order valence-electron chi connectivity index (χ0n) is 14.3. The minimum Gasteiger partial charge on any atom is -0.456 e. The summed E-state index contributed by atoms with van der Waals surface area (Å²) in [5, 5.41) is 13.0. The summed E-state index contributed by atoms with van der Waals surface area (Å²) in [5.74, 6) is -0.202. The number of carbonyl (C=O) groups is 2. The van der Waals surface area contributed by atoms with Crippen LogP contribution in [0, 0.1) is 0 Å². The van der Waals surface area contributed by atoms with Crippen LogP contribution in [0.25, 0.3) is 11.5 Å². The molecule has 3 aromatic rings. The standard InChI is InChI=1S/C18H16ClN3O4S/c1-11(23)20-14(15-3-2-8-27-15)9-17(24)25-10-16-21-22-18(26-16)12-4-6-13(19)7-5-12/h2-8,14H,9-10H2,1H3,(H,20,23). The van der Waals surface area contributed by atoms with E-state index in [2.05, 4.69) is 15.5 Å². The Morgan fingerprint density at radius 1 is 1.26 bits per heavy atom. The number of nitrogens with one attached hydrogen (secondary N) is 1. The SMILES string of the molecule is CC(=O)NC(CC(=O)OCc1nnc(-c2ccc(Cl)cc2)o1)c1cccs1. The Morgan fingerprint density at radius 3 is 2.70 bits per heavy atom. The van der Waals surface area contributed by atoms with E-state index >= 15 is 0 Å². The summed E-state index contributed by atoms with van der Waals surface area (Å²) in [6.45, 7) is 1.26. The highest BCUT2D eigenvalue weighted by atomic mass is 35.5. The monoisotopic (exact) mass is 405 g/mol. The second-order valence-corrected chi connectivity index (χ2v) is 7.06. The van der Waals surface area contributed by atoms with E-state index < -0.39 is 12.0 Å². The summed E-state index contributed by atoms with van der Waals surface area (Å²) in [5.41, 5.74) is 0.716. The van der Waals surface area contributed by atoms with Gasteiger partial charge < -0.3 is 14.5 Å². The van der Waals surface area contributed by atoms with Gasteiger partial charge in [-0.05, 0) is 35.7 Å². The molecule has 0 saturated heterocycles. The lowest BCUT2D eigenvalue weighted by Gasteiger charge is -2.15. The number of hydrogen-bond acceptors (Lipinski definition) is 7. The first kappa shape index (κ1) is 19.1. The van der Waals surface area contributed by atoms with Crippen LogP contribution in [-0.2, 0) is 20.9 Å². The number of hydrogen-bond donors (Lipinski definition) is 1. The van der Waals surface area contributed by atoms with Crippen LogP contribution < -0.4 is 5.32 Å². The number of carbonyl (C=O) groups excluding carboxylic acids is 2. The van der Waals surface area contributed by atoms with Gasteiger partial charge in [-0.15, -0.1) is 21.5 Å². The molecule has 0 aliphatic heterocycles. The van der Waals surface area contributed by atoms with E-state index in [1.807, 2.05) is 17.5 Å². The largest absolute Gasteiger partial charge is 0.456 e. The molecule has 0 aliphatic carbocycles. The number of aromatic nitrogens is 2. The number of ether oxygens (including phenoxy) is 1. The van der Waals surface area contributed by atoms with E-state index in [0.717, 1.165) is 4.88 Å². The molecule has 0 saturated carbocycles. The first-order chi connectivity index (χ1) is 13.0. The Balaban J connectivity index is 1.57. The van der Waals surface area contributed by atoms with Gasteiger partial charge in [-0.25, -0.2) is 0 Å². The summed E-state index contributed by atoms with van der Waals surface area (Å²) in [7, 11) is 0. The summed E-state index contributed by atoms with van der Waals surface area (Å²) in [6, 6.07) is 10.2. The van der Waals surface area contributed by atoms with Gasteiger partial charge in [0.25, 0.3) is 5.89 Å². The van der Waals surface area contributed by atoms with Crippen LogP contribution in [-0.4, -0.2) is 22.1 Å². The highest BCUT2D eigenvalue weighted by Crippen LogP contribution is 2.23. The summed E-state index contributed by atoms with van der Waals surface area (Å²) in [6.07, 6.45) is 0.0122. The number of halogens is 1. The molecule has 1 aromatic carbocycles. The topological polar surface area (TPSA) is 94.3 Å². The number of amides is 1. The molecule has 0 radical (unpaired) electrons. The molecule has 1 unspecified atom stereocenters. The van der Waals surface area contributed by atoms with Crippen LogP contribution in [0.3, 0.4) is 0 Å². The third-order valence-electron chi connectivity index (χ3n) is 3.55. The molecule has 27 heavy (non-hydrogen) atoms. The fourth-order valence-electron chi connectivity index (χ4n) is 2.35. The van der Waals surface area contributed by atoms with Crippen molar-refractivity contribution in [3.63, 3.8) is 0 Å². The van der Waals surface area contributed by atoms with Crippen molar-refractivity contribution in [1.29, 1.82) is 0 Å². The molecule has 1 amide bonds. The van der Waals surface area contributed by atoms with Crippen molar-refractivity contribution in [2.24, 2.45) is 0 Å². The molecule has 1 atom stereocenters. The van der Waals surface area contributed by atoms with Gasteiger partial charge in [-0.1, -0.05) is 17.7 Å². The van der Waals surface area contributed by atoms with Crippen LogP contribution in [0.1, 0.15) is 30.2 Å². The predicted octanol–water partition coefficient (Wildman–Crippen LogP) is 3.76. The second-order valence-electron chi connectivity index (χ2n) is 5.64. The highest BCUT2D eigenvalue weighted by molar-refractivity contribution is 7.10. The maximum Gasteiger partial charge on any atom is 0.308 e. The van der Waals surface area contributed by atoms with Gasteiger partial charge in [0, 0.05) is 22.4 Å². The molecular weight excluding hydrogens is 390 g/mol. The number of benzene rings is 1. The van der Waals surface area contributed by atoms with Crippen LogP contribution in [0.4, 0.5) is 0 Å². The van der Waals surface area contributed by atoms with Crippen LogP contribution in [0.15, 0.2) is 46.2 Å². The Bertz CT molecular complexity index is 909. The van der Waals surface area contributed by atoms with E-state index in [0.29, 0.717) is 16.5 Å². The maximum absolute atomic E-state index is 12.1. The lowest BCUT2D eigenvalue weighted by atomic mass is 10.1. The first-order valence-electron chi connectivity index (χ1n) is 8.05. The van der Waals surface area contributed by atoms with Crippen molar-refractivity contribution in [1.82, 2.24) is 15.5 Å². The fourth-order valence-corrected chi connectivity index (χ4v) is 3.25. The van der Waals surface area contributed by atoms with Gasteiger partial charge in [0.1, 0.15) is 0 Å². The second kappa shape index (κ2) is 8.79. The average molecular weight is 406 g/mol. The fraction of sp³-hybridized carbons (Fsp3) is 0.222. The molecule has 3 rings (SSSR count). The van der Waals surface area contributed by atoms with E-state index in [9.17, 15) is 9.59 Å². The van der Waals surface area contributed by atoms with E-state index in [1.54, 1.807) is 24.3 Å². The van der Waals surface area contributed by atoms with Gasteiger partial charge in [-0.2, -0.15) is 0 Å². The van der Waals surface area contributed by atoms with E-state index in [4.69, 9.17) is 20.8 Å². The Hall–Kier alpha value is -2.71. The molecule has 140 valence electrons. The molecule has 7 nitrogen and oxygen atoms in total. The van der Waals surface area contributed by atoms with E-state index in [1.165, 1.54) is 18.3 Å². The lowest BCUT2D eigenvalue weighted by Crippen LogP contribution is -2.28. The van der Waals surface area contributed by atoms with Crippen molar-refractivity contribution in [3.05, 3.63) is 57.6 Å². The minimum absolute atomic E-state index is 0.0122. The van der Waals surface area contributed by atoms with E-state index in [-0.39, 0.29) is 24.8 Å². The smallest absolute Gasteiger partial charge is 0.308 e. The molecule has 2 heterocycles. The van der Waals surface area contributed by atoms with Crippen LogP contribution in [0.5, 0.6) is 0 Å². The van der Waals surface area contributed by atoms with Crippen molar-refractivity contribution in [3.8, 4) is 11.5 Å². The molecule has 0 spiro atoms. The summed E-state index contributed by atoms with van der Waals surface area (Å²) >= 11 is 7.31. The molecule has 1 N–H and O–H groups in total. The van der Waals surface area contributed by atoms with Crippen LogP contribution in [0.2, 0.25) is 5.02 Å². The summed E-state index contributed by atoms with van der Waals surface area (Å²) < 4.78 is 10.7. The molecule has 2 aromatic heterocycles. The zero-order chi connectivity index (χ0) is 19.2. The molecule has 0 bridgehead atoms. The molecule has 9 heteroatoms. The minimum atomic E-state index is -0.478. The highest BCUT2D eigenvalue weighted by Gasteiger charge is 2.20. The van der Waals surface area contributed by atoms with Gasteiger partial charge in [0.15, 0.2) is 6.61 Å². The van der Waals surface area contributed by atoms with Crippen molar-refractivity contribution < 1.29 is 18.7 Å². The van der Waals surface area contributed by atoms with Crippen molar-refractivity contribution in [2.45, 2.75) is 26.0 Å².